The summed E-state index contributed by atoms with van der Waals surface area (Å²) in [5.41, 5.74) is 0.754. The zero-order chi connectivity index (χ0) is 31.4. The predicted octanol–water partition coefficient (Wildman–Crippen LogP) is 10.8. The summed E-state index contributed by atoms with van der Waals surface area (Å²) in [6.07, 6.45) is 33.8. The highest BCUT2D eigenvalue weighted by Gasteiger charge is 2.50. The van der Waals surface area contributed by atoms with Gasteiger partial charge in [-0.05, 0) is 52.5 Å². The number of rotatable bonds is 21. The third kappa shape index (κ3) is 15.3. The van der Waals surface area contributed by atoms with Gasteiger partial charge in [-0.3, -0.25) is 4.79 Å². The highest BCUT2D eigenvalue weighted by molar-refractivity contribution is 5.69. The molecule has 4 nitrogen and oxygen atoms in total. The molecule has 4 atom stereocenters. The minimum Gasteiger partial charge on any atom is -0.462 e. The highest BCUT2D eigenvalue weighted by Crippen LogP contribution is 2.46. The van der Waals surface area contributed by atoms with Crippen LogP contribution in [-0.2, 0) is 14.3 Å². The van der Waals surface area contributed by atoms with E-state index in [4.69, 9.17) is 9.47 Å². The van der Waals surface area contributed by atoms with E-state index < -0.39 is 11.2 Å². The summed E-state index contributed by atoms with van der Waals surface area (Å²) in [6, 6.07) is 0. The fourth-order valence-electron chi connectivity index (χ4n) is 6.66. The number of hydrogen-bond donors (Lipinski definition) is 1. The molecule has 43 heavy (non-hydrogen) atoms. The summed E-state index contributed by atoms with van der Waals surface area (Å²) >= 11 is 0. The van der Waals surface area contributed by atoms with Crippen molar-refractivity contribution in [2.75, 3.05) is 13.2 Å². The van der Waals surface area contributed by atoms with Gasteiger partial charge in [-0.2, -0.15) is 0 Å². The Hall–Kier alpha value is -1.65. The molecule has 2 rings (SSSR count). The first-order chi connectivity index (χ1) is 20.7. The number of hydrogen-bond acceptors (Lipinski definition) is 4. The number of carbonyl (C=O) groups excluding carboxylic acids is 1. The molecule has 0 radical (unpaired) electrons. The summed E-state index contributed by atoms with van der Waals surface area (Å²) in [4.78, 5) is 12.8. The Bertz CT molecular complexity index is 878. The molecule has 0 spiro atoms. The van der Waals surface area contributed by atoms with Crippen molar-refractivity contribution in [3.63, 3.8) is 0 Å². The molecular weight excluding hydrogens is 532 g/mol. The summed E-state index contributed by atoms with van der Waals surface area (Å²) in [5.74, 6) is 0.133. The lowest BCUT2D eigenvalue weighted by Crippen LogP contribution is -2.41. The molecule has 1 heterocycles. The van der Waals surface area contributed by atoms with Gasteiger partial charge in [0.2, 0.25) is 0 Å². The van der Waals surface area contributed by atoms with Crippen LogP contribution in [0.15, 0.2) is 48.1 Å². The van der Waals surface area contributed by atoms with Crippen LogP contribution in [-0.4, -0.2) is 35.5 Å². The van der Waals surface area contributed by atoms with Crippen LogP contribution in [0.1, 0.15) is 156 Å². The number of aliphatic hydroxyl groups is 1. The molecule has 1 aliphatic heterocycles. The maximum atomic E-state index is 12.8. The quantitative estimate of drug-likeness (QED) is 0.0618. The average molecular weight is 599 g/mol. The van der Waals surface area contributed by atoms with Gasteiger partial charge >= 0.3 is 5.97 Å². The predicted molar refractivity (Wildman–Crippen MR) is 182 cm³/mol. The van der Waals surface area contributed by atoms with Crippen molar-refractivity contribution in [1.29, 1.82) is 0 Å². The second-order valence-corrected chi connectivity index (χ2v) is 14.0. The van der Waals surface area contributed by atoms with Gasteiger partial charge in [-0.25, -0.2) is 0 Å². The first-order valence-electron chi connectivity index (χ1n) is 17.9. The fraction of sp³-hybridized carbons (Fsp3) is 0.769. The molecule has 4 unspecified atom stereocenters. The maximum Gasteiger partial charge on any atom is 0.305 e. The molecule has 0 aromatic heterocycles. The Morgan fingerprint density at radius 3 is 2.09 bits per heavy atom. The monoisotopic (exact) mass is 598 g/mol. The van der Waals surface area contributed by atoms with Gasteiger partial charge in [0.15, 0.2) is 0 Å². The van der Waals surface area contributed by atoms with Crippen molar-refractivity contribution in [3.05, 3.63) is 48.1 Å². The minimum atomic E-state index is -0.864. The number of unbranched alkanes of at least 4 members (excludes halogenated alkanes) is 15. The van der Waals surface area contributed by atoms with Crippen LogP contribution in [0.3, 0.4) is 0 Å². The molecule has 0 aromatic rings. The molecule has 2 aliphatic rings. The van der Waals surface area contributed by atoms with Gasteiger partial charge < -0.3 is 14.6 Å². The molecule has 1 N–H and O–H groups in total. The second kappa shape index (κ2) is 21.2. The summed E-state index contributed by atoms with van der Waals surface area (Å²) < 4.78 is 12.4. The Balaban J connectivity index is 1.69. The molecule has 1 saturated heterocycles. The number of esters is 1. The van der Waals surface area contributed by atoms with Gasteiger partial charge in [0.05, 0.1) is 12.2 Å². The van der Waals surface area contributed by atoms with Crippen molar-refractivity contribution in [3.8, 4) is 0 Å². The van der Waals surface area contributed by atoms with E-state index >= 15 is 0 Å². The van der Waals surface area contributed by atoms with Crippen molar-refractivity contribution in [2.45, 2.75) is 167 Å². The van der Waals surface area contributed by atoms with Crippen molar-refractivity contribution in [2.24, 2.45) is 11.8 Å². The topological polar surface area (TPSA) is 55.8 Å². The van der Waals surface area contributed by atoms with E-state index in [2.05, 4.69) is 39.5 Å². The molecule has 0 amide bonds. The number of fused-ring (bicyclic) bond motifs is 1. The van der Waals surface area contributed by atoms with E-state index in [9.17, 15) is 9.90 Å². The third-order valence-corrected chi connectivity index (χ3v) is 9.49. The maximum absolute atomic E-state index is 12.8. The largest absolute Gasteiger partial charge is 0.462 e. The standard InChI is InChI=1S/C39H66O4/c1-6-7-8-9-10-11-12-13-14-15-16-17-18-19-20-21-26-37(40)42-32-39(29-22-24-33(2)3)36-27-30-38(5,41)28-23-25-34(4)35(36)31-43-39/h22-24,28-29,35-36,41H,4,6-21,25-27,30-32H2,1-3,5H3. The lowest BCUT2D eigenvalue weighted by molar-refractivity contribution is -0.151. The smallest absolute Gasteiger partial charge is 0.305 e. The van der Waals surface area contributed by atoms with Crippen LogP contribution in [0.5, 0.6) is 0 Å². The Labute approximate surface area is 265 Å². The zero-order valence-electron chi connectivity index (χ0n) is 28.5. The van der Waals surface area contributed by atoms with E-state index in [1.54, 1.807) is 0 Å². The molecule has 1 fully saturated rings. The number of carbonyl (C=O) groups is 1. The molecule has 4 heteroatoms. The van der Waals surface area contributed by atoms with Crippen molar-refractivity contribution in [1.82, 2.24) is 0 Å². The Morgan fingerprint density at radius 2 is 1.53 bits per heavy atom. The van der Waals surface area contributed by atoms with Gasteiger partial charge in [-0.15, -0.1) is 0 Å². The summed E-state index contributed by atoms with van der Waals surface area (Å²) in [7, 11) is 0. The summed E-state index contributed by atoms with van der Waals surface area (Å²) in [6.45, 7) is 13.4. The lowest BCUT2D eigenvalue weighted by Gasteiger charge is -2.34. The van der Waals surface area contributed by atoms with E-state index in [-0.39, 0.29) is 24.4 Å². The van der Waals surface area contributed by atoms with Gasteiger partial charge in [0.25, 0.3) is 0 Å². The minimum absolute atomic E-state index is 0.0940. The van der Waals surface area contributed by atoms with Crippen molar-refractivity contribution >= 4 is 5.97 Å². The van der Waals surface area contributed by atoms with Crippen molar-refractivity contribution < 1.29 is 19.4 Å². The Kier molecular flexibility index (Phi) is 18.5. The van der Waals surface area contributed by atoms with Crippen LogP contribution >= 0.6 is 0 Å². The zero-order valence-corrected chi connectivity index (χ0v) is 28.5. The average Bonchev–Trinajstić information content (AvgIpc) is 3.34. The van der Waals surface area contributed by atoms with Crippen LogP contribution in [0.2, 0.25) is 0 Å². The fourth-order valence-corrected chi connectivity index (χ4v) is 6.66. The van der Waals surface area contributed by atoms with Gasteiger partial charge in [0, 0.05) is 18.3 Å². The van der Waals surface area contributed by atoms with Crippen LogP contribution in [0.25, 0.3) is 0 Å². The molecule has 0 saturated carbocycles. The summed E-state index contributed by atoms with van der Waals surface area (Å²) in [5, 5.41) is 10.8. The highest BCUT2D eigenvalue weighted by atomic mass is 16.6. The normalized spacial score (nSPS) is 25.7. The van der Waals surface area contributed by atoms with E-state index in [0.29, 0.717) is 19.4 Å². The van der Waals surface area contributed by atoms with Crippen LogP contribution in [0, 0.1) is 11.8 Å². The Morgan fingerprint density at radius 1 is 0.977 bits per heavy atom. The van der Waals surface area contributed by atoms with E-state index in [1.165, 1.54) is 95.5 Å². The first kappa shape index (κ1) is 37.5. The molecule has 0 bridgehead atoms. The number of ether oxygens (including phenoxy) is 2. The molecule has 0 aromatic carbocycles. The van der Waals surface area contributed by atoms with Crippen LogP contribution in [0.4, 0.5) is 0 Å². The van der Waals surface area contributed by atoms with E-state index in [1.807, 2.05) is 25.2 Å². The second-order valence-electron chi connectivity index (χ2n) is 14.0. The SMILES string of the molecule is C=C1CC=CC(C)(O)CCC2C1COC2(C=CC=C(C)C)COC(=O)CCCCCCCCCCCCCCCCCC. The lowest BCUT2D eigenvalue weighted by atomic mass is 9.74. The molecular formula is C39H66O4. The van der Waals surface area contributed by atoms with Gasteiger partial charge in [-0.1, -0.05) is 145 Å². The molecule has 1 aliphatic carbocycles. The van der Waals surface area contributed by atoms with E-state index in [0.717, 1.165) is 31.3 Å². The van der Waals surface area contributed by atoms with Gasteiger partial charge in [0.1, 0.15) is 12.2 Å². The number of allylic oxidation sites excluding steroid dienone is 4. The van der Waals surface area contributed by atoms with Crippen LogP contribution < -0.4 is 0 Å². The molecule has 246 valence electrons. The first-order valence-corrected chi connectivity index (χ1v) is 17.9. The third-order valence-electron chi connectivity index (χ3n) is 9.49.